The van der Waals surface area contributed by atoms with Crippen LogP contribution in [-0.4, -0.2) is 16.1 Å². The Morgan fingerprint density at radius 3 is 2.48 bits per heavy atom. The molecule has 0 amide bonds. The van der Waals surface area contributed by atoms with Gasteiger partial charge in [0.1, 0.15) is 29.0 Å². The summed E-state index contributed by atoms with van der Waals surface area (Å²) >= 11 is 6.13. The first kappa shape index (κ1) is 20.5. The molecule has 3 rings (SSSR count). The van der Waals surface area contributed by atoms with E-state index in [4.69, 9.17) is 21.4 Å². The van der Waals surface area contributed by atoms with Crippen molar-refractivity contribution in [3.63, 3.8) is 0 Å². The lowest BCUT2D eigenvalue weighted by molar-refractivity contribution is 0.0697. The molecule has 0 aliphatic rings. The Bertz CT molecular complexity index is 1130. The van der Waals surface area contributed by atoms with Crippen LogP contribution in [0.4, 0.5) is 8.78 Å². The minimum Gasteiger partial charge on any atom is -0.487 e. The second kappa shape index (κ2) is 8.45. The largest absolute Gasteiger partial charge is 0.487 e. The van der Waals surface area contributed by atoms with Gasteiger partial charge < -0.3 is 14.8 Å². The molecular weight excluding hydrogens is 404 g/mol. The van der Waals surface area contributed by atoms with Gasteiger partial charge in [-0.1, -0.05) is 23.7 Å². The topological polar surface area (TPSA) is 79.4 Å². The van der Waals surface area contributed by atoms with Crippen LogP contribution in [0.5, 0.6) is 5.75 Å². The van der Waals surface area contributed by atoms with E-state index in [1.54, 1.807) is 19.1 Å². The third-order valence-corrected chi connectivity index (χ3v) is 4.74. The second-order valence-corrected chi connectivity index (χ2v) is 6.78. The minimum absolute atomic E-state index is 0.0963. The zero-order valence-corrected chi connectivity index (χ0v) is 16.0. The molecule has 3 aromatic rings. The van der Waals surface area contributed by atoms with Gasteiger partial charge in [0, 0.05) is 29.3 Å². The zero-order chi connectivity index (χ0) is 21.1. The number of aromatic carboxylic acids is 1. The van der Waals surface area contributed by atoms with Gasteiger partial charge >= 0.3 is 5.97 Å². The average molecular weight is 420 g/mol. The van der Waals surface area contributed by atoms with Gasteiger partial charge in [0.2, 0.25) is 0 Å². The van der Waals surface area contributed by atoms with E-state index in [0.29, 0.717) is 17.7 Å². The number of H-pyrrole nitrogens is 1. The van der Waals surface area contributed by atoms with Crippen LogP contribution in [0.25, 0.3) is 0 Å². The summed E-state index contributed by atoms with van der Waals surface area (Å²) in [6.45, 7) is 1.42. The van der Waals surface area contributed by atoms with Crippen molar-refractivity contribution < 1.29 is 23.4 Å². The van der Waals surface area contributed by atoms with E-state index < -0.39 is 23.2 Å². The number of hydrogen-bond donors (Lipinski definition) is 2. The molecule has 0 unspecified atom stereocenters. The maximum atomic E-state index is 13.9. The monoisotopic (exact) mass is 419 g/mol. The SMILES string of the molecule is Cc1[nH]c(=O)c(Cl)c(OCc2ccc(F)cc2F)c1Cc1ccc(C(=O)O)cc1. The van der Waals surface area contributed by atoms with Gasteiger partial charge in [0.25, 0.3) is 5.56 Å². The summed E-state index contributed by atoms with van der Waals surface area (Å²) in [5.74, 6) is -2.42. The Hall–Kier alpha value is -3.19. The van der Waals surface area contributed by atoms with E-state index in [1.807, 2.05) is 0 Å². The van der Waals surface area contributed by atoms with Crippen LogP contribution in [0, 0.1) is 18.6 Å². The van der Waals surface area contributed by atoms with Crippen LogP contribution < -0.4 is 10.3 Å². The molecule has 0 saturated heterocycles. The smallest absolute Gasteiger partial charge is 0.335 e. The molecule has 5 nitrogen and oxygen atoms in total. The number of ether oxygens (including phenoxy) is 1. The molecule has 0 bridgehead atoms. The molecule has 0 radical (unpaired) electrons. The van der Waals surface area contributed by atoms with Crippen molar-refractivity contribution in [2.75, 3.05) is 0 Å². The standard InChI is InChI=1S/C21H16ClF2NO4/c1-11-16(8-12-2-4-13(5-3-12)21(27)28)19(18(22)20(26)25-11)29-10-14-6-7-15(23)9-17(14)24/h2-7,9H,8,10H2,1H3,(H,25,26)(H,27,28). The number of aromatic amines is 1. The lowest BCUT2D eigenvalue weighted by atomic mass is 10.0. The number of hydrogen-bond acceptors (Lipinski definition) is 3. The van der Waals surface area contributed by atoms with Crippen LogP contribution in [-0.2, 0) is 13.0 Å². The Morgan fingerprint density at radius 2 is 1.86 bits per heavy atom. The highest BCUT2D eigenvalue weighted by Gasteiger charge is 2.18. The molecule has 2 aromatic carbocycles. The Balaban J connectivity index is 1.93. The highest BCUT2D eigenvalue weighted by Crippen LogP contribution is 2.30. The van der Waals surface area contributed by atoms with Crippen molar-refractivity contribution in [3.05, 3.63) is 97.4 Å². The maximum absolute atomic E-state index is 13.9. The van der Waals surface area contributed by atoms with E-state index in [-0.39, 0.29) is 28.5 Å². The van der Waals surface area contributed by atoms with Crippen molar-refractivity contribution in [1.82, 2.24) is 4.98 Å². The van der Waals surface area contributed by atoms with Gasteiger partial charge in [0.15, 0.2) is 0 Å². The number of nitrogens with one attached hydrogen (secondary N) is 1. The first-order chi connectivity index (χ1) is 13.8. The minimum atomic E-state index is -1.04. The number of carbonyl (C=O) groups is 1. The van der Waals surface area contributed by atoms with E-state index >= 15 is 0 Å². The predicted octanol–water partition coefficient (Wildman–Crippen LogP) is 4.48. The highest BCUT2D eigenvalue weighted by molar-refractivity contribution is 6.32. The van der Waals surface area contributed by atoms with Crippen LogP contribution >= 0.6 is 11.6 Å². The molecule has 0 saturated carbocycles. The predicted molar refractivity (Wildman–Crippen MR) is 104 cm³/mol. The first-order valence-corrected chi connectivity index (χ1v) is 8.94. The third kappa shape index (κ3) is 4.63. The van der Waals surface area contributed by atoms with Crippen molar-refractivity contribution in [2.24, 2.45) is 0 Å². The first-order valence-electron chi connectivity index (χ1n) is 8.56. The fourth-order valence-electron chi connectivity index (χ4n) is 2.83. The molecule has 8 heteroatoms. The lowest BCUT2D eigenvalue weighted by Gasteiger charge is -2.16. The number of carboxylic acids is 1. The van der Waals surface area contributed by atoms with Gasteiger partial charge in [-0.3, -0.25) is 4.79 Å². The zero-order valence-electron chi connectivity index (χ0n) is 15.3. The van der Waals surface area contributed by atoms with E-state index in [2.05, 4.69) is 4.98 Å². The average Bonchev–Trinajstić information content (AvgIpc) is 2.67. The molecule has 150 valence electrons. The van der Waals surface area contributed by atoms with Gasteiger partial charge in [-0.15, -0.1) is 0 Å². The van der Waals surface area contributed by atoms with Crippen LogP contribution in [0.1, 0.15) is 32.7 Å². The third-order valence-electron chi connectivity index (χ3n) is 4.40. The Kier molecular flexibility index (Phi) is 5.98. The summed E-state index contributed by atoms with van der Waals surface area (Å²) in [4.78, 5) is 25.7. The number of aryl methyl sites for hydroxylation is 1. The van der Waals surface area contributed by atoms with Gasteiger partial charge in [-0.05, 0) is 36.8 Å². The normalized spacial score (nSPS) is 10.8. The van der Waals surface area contributed by atoms with Crippen molar-refractivity contribution >= 4 is 17.6 Å². The van der Waals surface area contributed by atoms with E-state index in [1.165, 1.54) is 18.2 Å². The molecule has 2 N–H and O–H groups in total. The van der Waals surface area contributed by atoms with Crippen molar-refractivity contribution in [2.45, 2.75) is 20.0 Å². The molecule has 1 heterocycles. The fourth-order valence-corrected chi connectivity index (χ4v) is 3.04. The van der Waals surface area contributed by atoms with Crippen molar-refractivity contribution in [1.29, 1.82) is 0 Å². The number of rotatable bonds is 6. The summed E-state index contributed by atoms with van der Waals surface area (Å²) in [6, 6.07) is 9.33. The summed E-state index contributed by atoms with van der Waals surface area (Å²) in [5.41, 5.74) is 1.55. The second-order valence-electron chi connectivity index (χ2n) is 6.40. The highest BCUT2D eigenvalue weighted by atomic mass is 35.5. The Labute approximate surface area is 169 Å². The molecular formula is C21H16ClF2NO4. The molecule has 1 aromatic heterocycles. The number of pyridine rings is 1. The van der Waals surface area contributed by atoms with E-state index in [9.17, 15) is 18.4 Å². The summed E-state index contributed by atoms with van der Waals surface area (Å²) in [7, 11) is 0. The van der Waals surface area contributed by atoms with Crippen LogP contribution in [0.15, 0.2) is 47.3 Å². The molecule has 29 heavy (non-hydrogen) atoms. The van der Waals surface area contributed by atoms with Gasteiger partial charge in [0.05, 0.1) is 5.56 Å². The van der Waals surface area contributed by atoms with Crippen molar-refractivity contribution in [3.8, 4) is 5.75 Å². The maximum Gasteiger partial charge on any atom is 0.335 e. The molecule has 0 fully saturated rings. The number of carboxylic acid groups (broad SMARTS) is 1. The molecule has 0 spiro atoms. The quantitative estimate of drug-likeness (QED) is 0.617. The summed E-state index contributed by atoms with van der Waals surface area (Å²) < 4.78 is 32.6. The summed E-state index contributed by atoms with van der Waals surface area (Å²) in [6.07, 6.45) is 0.295. The number of aromatic nitrogens is 1. The van der Waals surface area contributed by atoms with E-state index in [0.717, 1.165) is 17.7 Å². The van der Waals surface area contributed by atoms with Gasteiger partial charge in [-0.2, -0.15) is 0 Å². The van der Waals surface area contributed by atoms with Crippen LogP contribution in [0.3, 0.4) is 0 Å². The lowest BCUT2D eigenvalue weighted by Crippen LogP contribution is -2.14. The Morgan fingerprint density at radius 1 is 1.17 bits per heavy atom. The van der Waals surface area contributed by atoms with Crippen LogP contribution in [0.2, 0.25) is 5.02 Å². The fraction of sp³-hybridized carbons (Fsp3) is 0.143. The molecule has 0 aliphatic heterocycles. The van der Waals surface area contributed by atoms with Gasteiger partial charge in [-0.25, -0.2) is 13.6 Å². The number of benzene rings is 2. The summed E-state index contributed by atoms with van der Waals surface area (Å²) in [5, 5.41) is 8.82. The molecule has 0 atom stereocenters. The molecule has 0 aliphatic carbocycles. The number of halogens is 3.